The average molecular weight is 344 g/mol. The number of benzene rings is 2. The molecule has 0 saturated carbocycles. The summed E-state index contributed by atoms with van der Waals surface area (Å²) in [6.07, 6.45) is -5.55. The first kappa shape index (κ1) is 17.3. The molecule has 2 aromatic rings. The maximum absolute atomic E-state index is 12.5. The van der Waals surface area contributed by atoms with Crippen molar-refractivity contribution in [3.63, 3.8) is 0 Å². The van der Waals surface area contributed by atoms with E-state index in [4.69, 9.17) is 11.6 Å². The molecule has 0 radical (unpaired) electrons. The zero-order valence-corrected chi connectivity index (χ0v) is 12.5. The van der Waals surface area contributed by atoms with Crippen LogP contribution in [0.4, 0.5) is 13.2 Å². The first-order valence-electron chi connectivity index (χ1n) is 6.67. The van der Waals surface area contributed by atoms with Crippen LogP contribution >= 0.6 is 11.6 Å². The summed E-state index contributed by atoms with van der Waals surface area (Å²) >= 11 is 5.88. The van der Waals surface area contributed by atoms with Crippen LogP contribution in [-0.4, -0.2) is 17.6 Å². The third-order valence-electron chi connectivity index (χ3n) is 3.20. The molecule has 0 bridgehead atoms. The molecule has 1 amide bonds. The Hall–Kier alpha value is -2.05. The quantitative estimate of drug-likeness (QED) is 0.886. The zero-order chi connectivity index (χ0) is 17.0. The Balaban J connectivity index is 1.98. The Labute approximate surface area is 135 Å². The Morgan fingerprint density at radius 1 is 1.13 bits per heavy atom. The monoisotopic (exact) mass is 343 g/mol. The highest BCUT2D eigenvalue weighted by Gasteiger charge is 2.30. The summed E-state index contributed by atoms with van der Waals surface area (Å²) in [7, 11) is 0. The van der Waals surface area contributed by atoms with Crippen LogP contribution in [0.15, 0.2) is 48.5 Å². The van der Waals surface area contributed by atoms with Crippen molar-refractivity contribution in [3.05, 3.63) is 70.2 Å². The summed E-state index contributed by atoms with van der Waals surface area (Å²) in [6.45, 7) is -0.143. The number of halogens is 4. The van der Waals surface area contributed by atoms with Gasteiger partial charge in [0.05, 0.1) is 22.3 Å². The minimum atomic E-state index is -4.43. The lowest BCUT2D eigenvalue weighted by Crippen LogP contribution is -2.28. The van der Waals surface area contributed by atoms with Crippen molar-refractivity contribution in [2.75, 3.05) is 6.54 Å². The van der Waals surface area contributed by atoms with Crippen LogP contribution in [0.5, 0.6) is 0 Å². The van der Waals surface area contributed by atoms with Crippen molar-refractivity contribution in [1.29, 1.82) is 0 Å². The Bertz CT molecular complexity index is 686. The average Bonchev–Trinajstić information content (AvgIpc) is 2.52. The Kier molecular flexibility index (Phi) is 5.28. The maximum Gasteiger partial charge on any atom is 0.416 e. The lowest BCUT2D eigenvalue weighted by molar-refractivity contribution is -0.137. The number of hydrogen-bond donors (Lipinski definition) is 2. The van der Waals surface area contributed by atoms with Crippen LogP contribution in [-0.2, 0) is 6.18 Å². The van der Waals surface area contributed by atoms with E-state index in [9.17, 15) is 23.1 Å². The first-order valence-corrected chi connectivity index (χ1v) is 7.05. The van der Waals surface area contributed by atoms with E-state index in [0.717, 1.165) is 12.1 Å². The molecule has 3 nitrogen and oxygen atoms in total. The summed E-state index contributed by atoms with van der Waals surface area (Å²) in [4.78, 5) is 11.9. The molecule has 122 valence electrons. The topological polar surface area (TPSA) is 49.3 Å². The predicted octanol–water partition coefficient (Wildman–Crippen LogP) is 3.82. The van der Waals surface area contributed by atoms with E-state index in [1.54, 1.807) is 18.2 Å². The van der Waals surface area contributed by atoms with Gasteiger partial charge in [0.1, 0.15) is 0 Å². The summed E-state index contributed by atoms with van der Waals surface area (Å²) in [5.74, 6) is -0.471. The predicted molar refractivity (Wildman–Crippen MR) is 80.2 cm³/mol. The van der Waals surface area contributed by atoms with Gasteiger partial charge in [-0.1, -0.05) is 35.9 Å². The van der Waals surface area contributed by atoms with Gasteiger partial charge in [-0.15, -0.1) is 0 Å². The minimum Gasteiger partial charge on any atom is -0.387 e. The van der Waals surface area contributed by atoms with Gasteiger partial charge >= 0.3 is 6.18 Å². The maximum atomic E-state index is 12.5. The molecule has 0 aromatic heterocycles. The van der Waals surface area contributed by atoms with E-state index in [1.165, 1.54) is 18.2 Å². The standard InChI is InChI=1S/C16H13ClF3NO2/c17-13-4-2-1-3-12(13)15(23)21-9-14(22)10-5-7-11(8-6-10)16(18,19)20/h1-8,14,22H,9H2,(H,21,23). The molecule has 2 rings (SSSR count). The summed E-state index contributed by atoms with van der Waals surface area (Å²) < 4.78 is 37.4. The molecule has 0 spiro atoms. The summed E-state index contributed by atoms with van der Waals surface area (Å²) in [5, 5.41) is 12.7. The molecule has 0 heterocycles. The highest BCUT2D eigenvalue weighted by Crippen LogP contribution is 2.29. The van der Waals surface area contributed by atoms with E-state index in [-0.39, 0.29) is 22.7 Å². The van der Waals surface area contributed by atoms with Crippen molar-refractivity contribution in [1.82, 2.24) is 5.32 Å². The van der Waals surface area contributed by atoms with Crippen LogP contribution in [0.1, 0.15) is 27.6 Å². The van der Waals surface area contributed by atoms with E-state index in [0.29, 0.717) is 0 Å². The van der Waals surface area contributed by atoms with Gasteiger partial charge in [-0.3, -0.25) is 4.79 Å². The number of aliphatic hydroxyl groups is 1. The van der Waals surface area contributed by atoms with Gasteiger partial charge < -0.3 is 10.4 Å². The van der Waals surface area contributed by atoms with Crippen LogP contribution in [0.3, 0.4) is 0 Å². The number of rotatable bonds is 4. The third kappa shape index (κ3) is 4.46. The highest BCUT2D eigenvalue weighted by molar-refractivity contribution is 6.33. The van der Waals surface area contributed by atoms with Gasteiger partial charge in [0.25, 0.3) is 5.91 Å². The van der Waals surface area contributed by atoms with Crippen molar-refractivity contribution >= 4 is 17.5 Å². The molecule has 2 aromatic carbocycles. The van der Waals surface area contributed by atoms with Gasteiger partial charge in [0.2, 0.25) is 0 Å². The highest BCUT2D eigenvalue weighted by atomic mass is 35.5. The van der Waals surface area contributed by atoms with Gasteiger partial charge in [-0.05, 0) is 29.8 Å². The minimum absolute atomic E-state index is 0.143. The zero-order valence-electron chi connectivity index (χ0n) is 11.8. The lowest BCUT2D eigenvalue weighted by Gasteiger charge is -2.14. The Morgan fingerprint density at radius 2 is 1.74 bits per heavy atom. The molecular weight excluding hydrogens is 331 g/mol. The van der Waals surface area contributed by atoms with Gasteiger partial charge in [0.15, 0.2) is 0 Å². The van der Waals surface area contributed by atoms with Crippen molar-refractivity contribution < 1.29 is 23.1 Å². The molecule has 0 aliphatic carbocycles. The molecule has 7 heteroatoms. The molecule has 23 heavy (non-hydrogen) atoms. The molecule has 2 N–H and O–H groups in total. The first-order chi connectivity index (χ1) is 10.8. The van der Waals surface area contributed by atoms with E-state index >= 15 is 0 Å². The number of hydrogen-bond acceptors (Lipinski definition) is 2. The number of aliphatic hydroxyl groups excluding tert-OH is 1. The van der Waals surface area contributed by atoms with Crippen LogP contribution < -0.4 is 5.32 Å². The van der Waals surface area contributed by atoms with E-state index in [1.807, 2.05) is 0 Å². The van der Waals surface area contributed by atoms with Gasteiger partial charge in [0, 0.05) is 6.54 Å². The molecule has 0 aliphatic rings. The van der Waals surface area contributed by atoms with Gasteiger partial charge in [-0.25, -0.2) is 0 Å². The second-order valence-electron chi connectivity index (χ2n) is 4.83. The number of alkyl halides is 3. The van der Waals surface area contributed by atoms with Gasteiger partial charge in [-0.2, -0.15) is 13.2 Å². The fourth-order valence-corrected chi connectivity index (χ4v) is 2.16. The number of amides is 1. The fraction of sp³-hybridized carbons (Fsp3) is 0.188. The van der Waals surface area contributed by atoms with Crippen molar-refractivity contribution in [3.8, 4) is 0 Å². The van der Waals surface area contributed by atoms with Crippen molar-refractivity contribution in [2.45, 2.75) is 12.3 Å². The Morgan fingerprint density at radius 3 is 2.30 bits per heavy atom. The van der Waals surface area contributed by atoms with Crippen LogP contribution in [0.2, 0.25) is 5.02 Å². The molecule has 0 fully saturated rings. The lowest BCUT2D eigenvalue weighted by atomic mass is 10.1. The van der Waals surface area contributed by atoms with E-state index in [2.05, 4.69) is 5.32 Å². The largest absolute Gasteiger partial charge is 0.416 e. The van der Waals surface area contributed by atoms with Crippen molar-refractivity contribution in [2.24, 2.45) is 0 Å². The molecule has 0 saturated heterocycles. The molecule has 0 aliphatic heterocycles. The third-order valence-corrected chi connectivity index (χ3v) is 3.53. The van der Waals surface area contributed by atoms with Crippen LogP contribution in [0, 0.1) is 0 Å². The summed E-state index contributed by atoms with van der Waals surface area (Å²) in [5.41, 5.74) is -0.264. The second-order valence-corrected chi connectivity index (χ2v) is 5.23. The second kappa shape index (κ2) is 7.02. The molecule has 1 unspecified atom stereocenters. The van der Waals surface area contributed by atoms with E-state index < -0.39 is 23.8 Å². The smallest absolute Gasteiger partial charge is 0.387 e. The molecule has 1 atom stereocenters. The number of carbonyl (C=O) groups excluding carboxylic acids is 1. The summed E-state index contributed by atoms with van der Waals surface area (Å²) in [6, 6.07) is 10.5. The number of nitrogens with one attached hydrogen (secondary N) is 1. The van der Waals surface area contributed by atoms with Crippen LogP contribution in [0.25, 0.3) is 0 Å². The normalized spacial score (nSPS) is 12.7. The number of carbonyl (C=O) groups is 1. The SMILES string of the molecule is O=C(NCC(O)c1ccc(C(F)(F)F)cc1)c1ccccc1Cl. The molecular formula is C16H13ClF3NO2. The fourth-order valence-electron chi connectivity index (χ4n) is 1.94.